The molecule has 46 valence electrons. The van der Waals surface area contributed by atoms with Gasteiger partial charge in [0.2, 0.25) is 0 Å². The zero-order chi connectivity index (χ0) is 4.24. The molecule has 0 aliphatic rings. The van der Waals surface area contributed by atoms with Crippen molar-refractivity contribution in [3.8, 4) is 0 Å². The summed E-state index contributed by atoms with van der Waals surface area (Å²) in [5, 5.41) is 0. The van der Waals surface area contributed by atoms with Crippen molar-refractivity contribution in [3.63, 3.8) is 0 Å². The van der Waals surface area contributed by atoms with Gasteiger partial charge in [-0.25, -0.2) is 0 Å². The van der Waals surface area contributed by atoms with Gasteiger partial charge in [0, 0.05) is 0 Å². The molecule has 1 aromatic rings. The summed E-state index contributed by atoms with van der Waals surface area (Å²) >= 11 is 0. The Labute approximate surface area is 83.6 Å². The zero-order valence-electron chi connectivity index (χ0n) is 5.50. The van der Waals surface area contributed by atoms with Crippen LogP contribution in [0.5, 0.6) is 0 Å². The van der Waals surface area contributed by atoms with Crippen LogP contribution in [0.2, 0.25) is 0 Å². The fourth-order valence-electron chi connectivity index (χ4n) is 0.342. The Hall–Kier alpha value is 0.466. The molecule has 0 aliphatic heterocycles. The van der Waals surface area contributed by atoms with Crippen LogP contribution in [0, 0.1) is 13.5 Å². The molecule has 0 saturated carbocycles. The van der Waals surface area contributed by atoms with E-state index in [-0.39, 0.29) is 47.5 Å². The molecule has 9 heavy (non-hydrogen) atoms. The van der Waals surface area contributed by atoms with Crippen molar-refractivity contribution in [2.24, 2.45) is 0 Å². The van der Waals surface area contributed by atoms with Crippen LogP contribution in [-0.2, 0) is 0 Å². The molecule has 0 saturated heterocycles. The van der Waals surface area contributed by atoms with Gasteiger partial charge in [-0.05, 0) is 0 Å². The van der Waals surface area contributed by atoms with Gasteiger partial charge in [-0.2, -0.15) is 36.4 Å². The van der Waals surface area contributed by atoms with E-state index in [1.165, 1.54) is 0 Å². The second-order valence-electron chi connectivity index (χ2n) is 1.08. The minimum Gasteiger partial charge on any atom is -0.358 e. The van der Waals surface area contributed by atoms with Gasteiger partial charge < -0.3 is 7.43 Å². The third-order valence-corrected chi connectivity index (χ3v) is 0.607. The number of halogens is 1. The van der Waals surface area contributed by atoms with E-state index < -0.39 is 0 Å². The van der Waals surface area contributed by atoms with Crippen LogP contribution in [0.25, 0.3) is 0 Å². The Bertz CT molecular complexity index is 80.8. The molecule has 0 fully saturated rings. The second-order valence-corrected chi connectivity index (χ2v) is 1.08. The van der Waals surface area contributed by atoms with Crippen molar-refractivity contribution in [1.29, 1.82) is 0 Å². The molecule has 0 radical (unpaired) electrons. The summed E-state index contributed by atoms with van der Waals surface area (Å²) in [5.41, 5.74) is 0. The van der Waals surface area contributed by atoms with Crippen molar-refractivity contribution in [1.82, 2.24) is 0 Å². The van der Waals surface area contributed by atoms with E-state index in [4.69, 9.17) is 0 Å². The Balaban J connectivity index is -0.000000120. The molecule has 0 aromatic heterocycles. The Morgan fingerprint density at radius 1 is 0.889 bits per heavy atom. The average Bonchev–Trinajstić information content (AvgIpc) is 1.72. The predicted octanol–water partition coefficient (Wildman–Crippen LogP) is 2.13. The van der Waals surface area contributed by atoms with E-state index in [0.29, 0.717) is 0 Å². The van der Waals surface area contributed by atoms with Crippen LogP contribution >= 0.6 is 17.0 Å². The van der Waals surface area contributed by atoms with Gasteiger partial charge in [0.1, 0.15) is 0 Å². The van der Waals surface area contributed by atoms with Crippen molar-refractivity contribution in [2.75, 3.05) is 0 Å². The maximum Gasteiger partial charge on any atom is 2.00 e. The van der Waals surface area contributed by atoms with E-state index >= 15 is 0 Å². The molecule has 0 atom stereocenters. The fourth-order valence-corrected chi connectivity index (χ4v) is 0.342. The van der Waals surface area contributed by atoms with E-state index in [1.807, 2.05) is 30.3 Å². The largest absolute Gasteiger partial charge is 2.00 e. The summed E-state index contributed by atoms with van der Waals surface area (Å²) in [6.45, 7) is 0. The van der Waals surface area contributed by atoms with E-state index in [9.17, 15) is 0 Å². The summed E-state index contributed by atoms with van der Waals surface area (Å²) < 4.78 is 0. The first-order valence-corrected chi connectivity index (χ1v) is 1.91. The quantitative estimate of drug-likeness (QED) is 0.441. The molecule has 2 heteroatoms. The predicted molar refractivity (Wildman–Crippen MR) is 47.8 cm³/mol. The van der Waals surface area contributed by atoms with Crippen molar-refractivity contribution in [3.05, 3.63) is 43.8 Å². The minimum absolute atomic E-state index is 0. The molecule has 0 bridgehead atoms. The van der Waals surface area contributed by atoms with Gasteiger partial charge in [0.25, 0.3) is 0 Å². The van der Waals surface area contributed by atoms with E-state index in [1.54, 1.807) is 0 Å². The van der Waals surface area contributed by atoms with Crippen LogP contribution in [0.1, 0.15) is 0 Å². The zero-order valence-corrected chi connectivity index (χ0v) is 8.63. The van der Waals surface area contributed by atoms with Gasteiger partial charge in [-0.15, -0.1) is 17.0 Å². The second kappa shape index (κ2) is 11.3. The smallest absolute Gasteiger partial charge is 0.358 e. The molecule has 0 unspecified atom stereocenters. The summed E-state index contributed by atoms with van der Waals surface area (Å²) in [7, 11) is 0. The number of hydrogen-bond acceptors (Lipinski definition) is 0. The fraction of sp³-hybridized carbons (Fsp3) is 0. The molecule has 0 heterocycles. The Kier molecular flexibility index (Phi) is 20.4. The maximum absolute atomic E-state index is 2.89. The first kappa shape index (κ1) is 16.2. The van der Waals surface area contributed by atoms with Gasteiger partial charge in [-0.1, -0.05) is 0 Å². The van der Waals surface area contributed by atoms with Crippen LogP contribution in [0.4, 0.5) is 0 Å². The molecular formula is C7H9BrMg. The van der Waals surface area contributed by atoms with Gasteiger partial charge in [-0.3, -0.25) is 0 Å². The molecule has 0 aliphatic carbocycles. The van der Waals surface area contributed by atoms with Gasteiger partial charge in [0.05, 0.1) is 0 Å². The molecule has 0 nitrogen and oxygen atoms in total. The molecule has 0 N–H and O–H groups in total. The van der Waals surface area contributed by atoms with Crippen LogP contribution < -0.4 is 0 Å². The summed E-state index contributed by atoms with van der Waals surface area (Å²) in [6.07, 6.45) is 0. The van der Waals surface area contributed by atoms with E-state index in [0.717, 1.165) is 0 Å². The van der Waals surface area contributed by atoms with Gasteiger partial charge >= 0.3 is 23.1 Å². The standard InChI is InChI=1S/C6H5.CH3.BrH.Mg/c1-2-4-6-5-3-1;;;/h1-5H;1H3;1H;/q2*-1;;+2. The van der Waals surface area contributed by atoms with Crippen molar-refractivity contribution >= 4 is 40.0 Å². The monoisotopic (exact) mass is 196 g/mol. The first-order chi connectivity index (χ1) is 3.00. The normalized spacial score (nSPS) is 5.33. The summed E-state index contributed by atoms with van der Waals surface area (Å²) in [6, 6.07) is 12.5. The molecular weight excluding hydrogens is 188 g/mol. The van der Waals surface area contributed by atoms with Crippen molar-refractivity contribution < 1.29 is 0 Å². The molecule has 0 spiro atoms. The number of hydrogen-bond donors (Lipinski definition) is 0. The van der Waals surface area contributed by atoms with Crippen molar-refractivity contribution in [2.45, 2.75) is 0 Å². The van der Waals surface area contributed by atoms with E-state index in [2.05, 4.69) is 6.07 Å². The minimum atomic E-state index is 0. The molecule has 1 rings (SSSR count). The van der Waals surface area contributed by atoms with Crippen LogP contribution in [-0.4, -0.2) is 23.1 Å². The SMILES string of the molecule is Br.[CH3-].[Mg+2].[c-]1ccccc1. The average molecular weight is 197 g/mol. The molecule has 0 amide bonds. The third kappa shape index (κ3) is 8.47. The Morgan fingerprint density at radius 3 is 1.44 bits per heavy atom. The summed E-state index contributed by atoms with van der Waals surface area (Å²) in [4.78, 5) is 0. The third-order valence-electron chi connectivity index (χ3n) is 0.607. The summed E-state index contributed by atoms with van der Waals surface area (Å²) in [5.74, 6) is 0. The van der Waals surface area contributed by atoms with Gasteiger partial charge in [0.15, 0.2) is 0 Å². The molecule has 1 aromatic carbocycles. The first-order valence-electron chi connectivity index (χ1n) is 1.91. The number of rotatable bonds is 0. The topological polar surface area (TPSA) is 0 Å². The van der Waals surface area contributed by atoms with Crippen LogP contribution in [0.15, 0.2) is 30.3 Å². The maximum atomic E-state index is 2.89. The number of benzene rings is 1. The van der Waals surface area contributed by atoms with Crippen LogP contribution in [0.3, 0.4) is 0 Å². The Morgan fingerprint density at radius 2 is 1.33 bits per heavy atom.